The van der Waals surface area contributed by atoms with Gasteiger partial charge in [0, 0.05) is 17.0 Å². The maximum absolute atomic E-state index is 13.0. The van der Waals surface area contributed by atoms with Crippen LogP contribution in [-0.4, -0.2) is 5.97 Å². The molecule has 4 aromatic rings. The maximum atomic E-state index is 13.0. The van der Waals surface area contributed by atoms with E-state index in [1.54, 1.807) is 6.07 Å². The van der Waals surface area contributed by atoms with Crippen LogP contribution in [0.3, 0.4) is 0 Å². The van der Waals surface area contributed by atoms with Gasteiger partial charge in [-0.25, -0.2) is 9.18 Å². The highest BCUT2D eigenvalue weighted by molar-refractivity contribution is 6.07. The second-order valence-corrected chi connectivity index (χ2v) is 6.21. The van der Waals surface area contributed by atoms with Crippen molar-refractivity contribution >= 4 is 27.7 Å². The quantitative estimate of drug-likeness (QED) is 0.307. The van der Waals surface area contributed by atoms with Crippen LogP contribution in [0.1, 0.15) is 11.1 Å². The van der Waals surface area contributed by atoms with Crippen LogP contribution in [0, 0.1) is 5.82 Å². The van der Waals surface area contributed by atoms with Crippen molar-refractivity contribution in [1.82, 2.24) is 0 Å². The Morgan fingerprint density at radius 1 is 1.00 bits per heavy atom. The third-order valence-corrected chi connectivity index (χ3v) is 4.36. The Balaban J connectivity index is 1.63. The maximum Gasteiger partial charge on any atom is 0.336 e. The summed E-state index contributed by atoms with van der Waals surface area (Å²) in [6.07, 6.45) is 0.0282. The lowest BCUT2D eigenvalue weighted by atomic mass is 10.0. The molecule has 0 amide bonds. The Morgan fingerprint density at radius 2 is 1.78 bits per heavy atom. The number of hydrogen-bond donors (Lipinski definition) is 0. The average molecular weight is 362 g/mol. The molecule has 3 aromatic carbocycles. The number of halogens is 1. The van der Waals surface area contributed by atoms with Crippen LogP contribution >= 0.6 is 0 Å². The van der Waals surface area contributed by atoms with Gasteiger partial charge in [-0.3, -0.25) is 4.79 Å². The zero-order valence-corrected chi connectivity index (χ0v) is 14.3. The summed E-state index contributed by atoms with van der Waals surface area (Å²) < 4.78 is 23.6. The third-order valence-electron chi connectivity index (χ3n) is 4.36. The summed E-state index contributed by atoms with van der Waals surface area (Å²) in [6.45, 7) is -0.0455. The number of rotatable bonds is 4. The Hall–Kier alpha value is -3.47. The number of fused-ring (bicyclic) bond motifs is 3. The highest BCUT2D eigenvalue weighted by atomic mass is 19.1. The molecule has 1 heterocycles. The summed E-state index contributed by atoms with van der Waals surface area (Å²) in [5.74, 6) is -0.815. The van der Waals surface area contributed by atoms with Gasteiger partial charge in [-0.05, 0) is 34.5 Å². The summed E-state index contributed by atoms with van der Waals surface area (Å²) in [5, 5.41) is 2.67. The molecule has 4 rings (SSSR count). The van der Waals surface area contributed by atoms with Gasteiger partial charge in [-0.1, -0.05) is 42.5 Å². The van der Waals surface area contributed by atoms with Crippen LogP contribution in [0.4, 0.5) is 4.39 Å². The van der Waals surface area contributed by atoms with E-state index in [9.17, 15) is 14.0 Å². The molecular weight excluding hydrogens is 347 g/mol. The number of carbonyl (C=O) groups is 1. The molecule has 0 saturated carbocycles. The van der Waals surface area contributed by atoms with E-state index >= 15 is 0 Å². The van der Waals surface area contributed by atoms with Gasteiger partial charge in [0.25, 0.3) is 0 Å². The summed E-state index contributed by atoms with van der Waals surface area (Å²) in [6, 6.07) is 18.4. The normalized spacial score (nSPS) is 11.0. The van der Waals surface area contributed by atoms with Crippen molar-refractivity contribution in [3.8, 4) is 0 Å². The standard InChI is InChI=1S/C22H15FO4/c23-17-8-5-14(6-9-17)11-20(24)26-13-16-12-21(25)27-19-10-7-15-3-1-2-4-18(15)22(16)19/h1-10,12H,11,13H2. The fourth-order valence-corrected chi connectivity index (χ4v) is 3.11. The first-order chi connectivity index (χ1) is 13.1. The molecule has 0 radical (unpaired) electrons. The largest absolute Gasteiger partial charge is 0.461 e. The zero-order chi connectivity index (χ0) is 18.8. The van der Waals surface area contributed by atoms with E-state index in [4.69, 9.17) is 9.15 Å². The van der Waals surface area contributed by atoms with E-state index in [-0.39, 0.29) is 18.8 Å². The zero-order valence-electron chi connectivity index (χ0n) is 14.3. The highest BCUT2D eigenvalue weighted by Gasteiger charge is 2.12. The lowest BCUT2D eigenvalue weighted by molar-refractivity contribution is -0.144. The molecule has 0 spiro atoms. The molecule has 0 aliphatic heterocycles. The van der Waals surface area contributed by atoms with Gasteiger partial charge in [0.1, 0.15) is 18.0 Å². The Bertz CT molecular complexity index is 1190. The first-order valence-corrected chi connectivity index (χ1v) is 8.45. The molecular formula is C22H15FO4. The molecule has 0 fully saturated rings. The number of benzene rings is 3. The van der Waals surface area contributed by atoms with Crippen molar-refractivity contribution in [3.05, 3.63) is 94.1 Å². The molecule has 5 heteroatoms. The van der Waals surface area contributed by atoms with Gasteiger partial charge in [0.05, 0.1) is 6.42 Å². The van der Waals surface area contributed by atoms with Gasteiger partial charge < -0.3 is 9.15 Å². The number of esters is 1. The molecule has 0 saturated heterocycles. The molecule has 0 atom stereocenters. The van der Waals surface area contributed by atoms with Gasteiger partial charge >= 0.3 is 11.6 Å². The first-order valence-electron chi connectivity index (χ1n) is 8.45. The molecule has 0 bridgehead atoms. The molecule has 1 aromatic heterocycles. The van der Waals surface area contributed by atoms with Crippen molar-refractivity contribution in [3.63, 3.8) is 0 Å². The van der Waals surface area contributed by atoms with E-state index in [1.165, 1.54) is 30.3 Å². The summed E-state index contributed by atoms with van der Waals surface area (Å²) in [4.78, 5) is 24.0. The van der Waals surface area contributed by atoms with E-state index in [0.717, 1.165) is 16.2 Å². The van der Waals surface area contributed by atoms with Crippen molar-refractivity contribution in [2.24, 2.45) is 0 Å². The van der Waals surface area contributed by atoms with Crippen molar-refractivity contribution in [2.45, 2.75) is 13.0 Å². The predicted octanol–water partition coefficient (Wildman–Crippen LogP) is 4.37. The SMILES string of the molecule is O=C(Cc1ccc(F)cc1)OCc1cc(=O)oc2ccc3ccccc3c12. The minimum atomic E-state index is -0.498. The van der Waals surface area contributed by atoms with Crippen LogP contribution in [-0.2, 0) is 22.6 Å². The van der Waals surface area contributed by atoms with Gasteiger partial charge in [0.2, 0.25) is 0 Å². The third kappa shape index (κ3) is 3.58. The minimum absolute atomic E-state index is 0.0282. The fraction of sp³-hybridized carbons (Fsp3) is 0.0909. The number of hydrogen-bond acceptors (Lipinski definition) is 4. The van der Waals surface area contributed by atoms with Crippen LogP contribution in [0.2, 0.25) is 0 Å². The van der Waals surface area contributed by atoms with Crippen LogP contribution in [0.25, 0.3) is 21.7 Å². The monoisotopic (exact) mass is 362 g/mol. The van der Waals surface area contributed by atoms with E-state index in [0.29, 0.717) is 16.7 Å². The Kier molecular flexibility index (Phi) is 4.42. The average Bonchev–Trinajstić information content (AvgIpc) is 2.67. The lowest BCUT2D eigenvalue weighted by Gasteiger charge is -2.10. The topological polar surface area (TPSA) is 56.5 Å². The van der Waals surface area contributed by atoms with Crippen LogP contribution < -0.4 is 5.63 Å². The molecule has 0 unspecified atom stereocenters. The van der Waals surface area contributed by atoms with E-state index < -0.39 is 11.6 Å². The lowest BCUT2D eigenvalue weighted by Crippen LogP contribution is -2.10. The van der Waals surface area contributed by atoms with Crippen molar-refractivity contribution < 1.29 is 18.3 Å². The second-order valence-electron chi connectivity index (χ2n) is 6.21. The van der Waals surface area contributed by atoms with Gasteiger partial charge in [0.15, 0.2) is 0 Å². The van der Waals surface area contributed by atoms with Gasteiger partial charge in [-0.2, -0.15) is 0 Å². The molecule has 4 nitrogen and oxygen atoms in total. The highest BCUT2D eigenvalue weighted by Crippen LogP contribution is 2.27. The number of carbonyl (C=O) groups excluding carboxylic acids is 1. The first kappa shape index (κ1) is 17.0. The second kappa shape index (κ2) is 7.03. The molecule has 0 N–H and O–H groups in total. The van der Waals surface area contributed by atoms with Crippen molar-refractivity contribution in [1.29, 1.82) is 0 Å². The Labute approximate surface area is 153 Å². The summed E-state index contributed by atoms with van der Waals surface area (Å²) in [5.41, 5.74) is 1.20. The van der Waals surface area contributed by atoms with E-state index in [1.807, 2.05) is 30.3 Å². The van der Waals surface area contributed by atoms with Crippen LogP contribution in [0.15, 0.2) is 75.9 Å². The summed E-state index contributed by atoms with van der Waals surface area (Å²) in [7, 11) is 0. The van der Waals surface area contributed by atoms with Gasteiger partial charge in [-0.15, -0.1) is 0 Å². The number of ether oxygens (including phenoxy) is 1. The van der Waals surface area contributed by atoms with Crippen molar-refractivity contribution in [2.75, 3.05) is 0 Å². The molecule has 0 aliphatic rings. The molecule has 134 valence electrons. The smallest absolute Gasteiger partial charge is 0.336 e. The summed E-state index contributed by atoms with van der Waals surface area (Å²) >= 11 is 0. The molecule has 0 aliphatic carbocycles. The Morgan fingerprint density at radius 3 is 2.59 bits per heavy atom. The predicted molar refractivity (Wildman–Crippen MR) is 99.9 cm³/mol. The molecule has 27 heavy (non-hydrogen) atoms. The minimum Gasteiger partial charge on any atom is -0.461 e. The van der Waals surface area contributed by atoms with Crippen LogP contribution in [0.5, 0.6) is 0 Å². The fourth-order valence-electron chi connectivity index (χ4n) is 3.11. The van der Waals surface area contributed by atoms with E-state index in [2.05, 4.69) is 0 Å².